The molecule has 10 heteroatoms. The Morgan fingerprint density at radius 3 is 2.88 bits per heavy atom. The van der Waals surface area contributed by atoms with Gasteiger partial charge >= 0.3 is 12.1 Å². The van der Waals surface area contributed by atoms with Crippen molar-refractivity contribution in [2.75, 3.05) is 20.3 Å². The van der Waals surface area contributed by atoms with Crippen molar-refractivity contribution >= 4 is 17.2 Å². The Labute approximate surface area is 139 Å². The highest BCUT2D eigenvalue weighted by atomic mass is 32.1. The van der Waals surface area contributed by atoms with Crippen LogP contribution in [0.1, 0.15) is 17.2 Å². The van der Waals surface area contributed by atoms with Crippen molar-refractivity contribution in [2.24, 2.45) is 5.92 Å². The number of ether oxygens (including phenoxy) is 1. The maximum atomic E-state index is 12.5. The van der Waals surface area contributed by atoms with E-state index >= 15 is 0 Å². The molecule has 1 aliphatic heterocycles. The van der Waals surface area contributed by atoms with Crippen LogP contribution in [0.15, 0.2) is 16.7 Å². The van der Waals surface area contributed by atoms with Crippen molar-refractivity contribution in [3.8, 4) is 10.7 Å². The average Bonchev–Trinajstić information content (AvgIpc) is 3.25. The minimum Gasteiger partial charge on any atom is -0.381 e. The van der Waals surface area contributed by atoms with E-state index in [-0.39, 0.29) is 17.6 Å². The van der Waals surface area contributed by atoms with Gasteiger partial charge in [0, 0.05) is 18.5 Å². The quantitative estimate of drug-likeness (QED) is 0.838. The number of carbonyl (C=O) groups is 1. The van der Waals surface area contributed by atoms with E-state index in [0.717, 1.165) is 4.88 Å². The van der Waals surface area contributed by atoms with Crippen molar-refractivity contribution in [3.63, 3.8) is 0 Å². The Bertz CT molecular complexity index is 722. The zero-order chi connectivity index (χ0) is 17.3. The predicted octanol–water partition coefficient (Wildman–Crippen LogP) is 2.81. The molecule has 0 N–H and O–H groups in total. The lowest BCUT2D eigenvalue weighted by molar-refractivity contribution is -0.159. The average molecular weight is 361 g/mol. The van der Waals surface area contributed by atoms with E-state index in [1.807, 2.05) is 0 Å². The maximum absolute atomic E-state index is 12.5. The second-order valence-corrected chi connectivity index (χ2v) is 6.61. The third-order valence-corrected chi connectivity index (χ3v) is 4.66. The van der Waals surface area contributed by atoms with Crippen LogP contribution in [-0.2, 0) is 22.3 Å². The van der Waals surface area contributed by atoms with Crippen LogP contribution in [0, 0.1) is 5.92 Å². The van der Waals surface area contributed by atoms with Gasteiger partial charge in [-0.3, -0.25) is 4.79 Å². The second-order valence-electron chi connectivity index (χ2n) is 5.44. The topological polar surface area (TPSA) is 68.5 Å². The fraction of sp³-hybridized carbons (Fsp3) is 0.500. The van der Waals surface area contributed by atoms with Gasteiger partial charge in [0.1, 0.15) is 0 Å². The smallest absolute Gasteiger partial charge is 0.381 e. The molecule has 0 aliphatic carbocycles. The molecule has 0 saturated carbocycles. The van der Waals surface area contributed by atoms with Crippen LogP contribution in [0.2, 0.25) is 0 Å². The van der Waals surface area contributed by atoms with Crippen LogP contribution in [-0.4, -0.2) is 41.2 Å². The van der Waals surface area contributed by atoms with Gasteiger partial charge in [0.25, 0.3) is 0 Å². The number of thiophene rings is 1. The lowest BCUT2D eigenvalue weighted by Gasteiger charge is -2.19. The summed E-state index contributed by atoms with van der Waals surface area (Å²) in [7, 11) is 1.69. The first kappa shape index (κ1) is 16.9. The van der Waals surface area contributed by atoms with Gasteiger partial charge < -0.3 is 14.2 Å². The summed E-state index contributed by atoms with van der Waals surface area (Å²) >= 11 is 1.22. The largest absolute Gasteiger partial charge is 0.471 e. The molecule has 0 aromatic carbocycles. The molecule has 1 aliphatic rings. The van der Waals surface area contributed by atoms with E-state index in [4.69, 9.17) is 4.74 Å². The van der Waals surface area contributed by atoms with Crippen LogP contribution in [0.4, 0.5) is 13.2 Å². The number of hydrogen-bond donors (Lipinski definition) is 0. The number of alkyl halides is 3. The summed E-state index contributed by atoms with van der Waals surface area (Å²) in [4.78, 5) is 18.4. The number of hydrogen-bond acceptors (Lipinski definition) is 6. The van der Waals surface area contributed by atoms with Crippen LogP contribution in [0.25, 0.3) is 10.7 Å². The van der Waals surface area contributed by atoms with Gasteiger partial charge in [0.15, 0.2) is 0 Å². The summed E-state index contributed by atoms with van der Waals surface area (Å²) in [5, 5.41) is 3.35. The molecular weight excluding hydrogens is 347 g/mol. The Morgan fingerprint density at radius 2 is 2.25 bits per heavy atom. The van der Waals surface area contributed by atoms with Crippen molar-refractivity contribution in [3.05, 3.63) is 22.9 Å². The summed E-state index contributed by atoms with van der Waals surface area (Å²) in [6.07, 6.45) is -3.96. The molecule has 6 nitrogen and oxygen atoms in total. The molecule has 130 valence electrons. The van der Waals surface area contributed by atoms with Gasteiger partial charge in [-0.25, -0.2) is 0 Å². The SMILES string of the molecule is CN(Cc1ccc(-c2noc(C(F)(F)F)n2)s1)C(=O)C1CCOC1. The minimum atomic E-state index is -4.67. The molecule has 24 heavy (non-hydrogen) atoms. The van der Waals surface area contributed by atoms with Crippen molar-refractivity contribution < 1.29 is 27.2 Å². The van der Waals surface area contributed by atoms with Crippen LogP contribution < -0.4 is 0 Å². The van der Waals surface area contributed by atoms with E-state index in [1.165, 1.54) is 11.3 Å². The lowest BCUT2D eigenvalue weighted by Crippen LogP contribution is -2.32. The fourth-order valence-electron chi connectivity index (χ4n) is 2.37. The van der Waals surface area contributed by atoms with Gasteiger partial charge in [0.05, 0.1) is 23.9 Å². The molecule has 2 aromatic heterocycles. The fourth-order valence-corrected chi connectivity index (χ4v) is 3.36. The number of rotatable bonds is 4. The van der Waals surface area contributed by atoms with Gasteiger partial charge in [-0.15, -0.1) is 11.3 Å². The molecule has 1 saturated heterocycles. The van der Waals surface area contributed by atoms with Gasteiger partial charge in [-0.1, -0.05) is 5.16 Å². The normalized spacial score (nSPS) is 18.1. The molecule has 0 bridgehead atoms. The van der Waals surface area contributed by atoms with Gasteiger partial charge in [-0.05, 0) is 18.6 Å². The Morgan fingerprint density at radius 1 is 1.46 bits per heavy atom. The molecule has 3 heterocycles. The summed E-state index contributed by atoms with van der Waals surface area (Å²) in [5.41, 5.74) is 0. The van der Waals surface area contributed by atoms with E-state index in [9.17, 15) is 18.0 Å². The molecule has 1 amide bonds. The van der Waals surface area contributed by atoms with Crippen LogP contribution >= 0.6 is 11.3 Å². The molecular formula is C14H14F3N3O3S. The van der Waals surface area contributed by atoms with Crippen molar-refractivity contribution in [2.45, 2.75) is 19.1 Å². The molecule has 1 fully saturated rings. The lowest BCUT2D eigenvalue weighted by atomic mass is 10.1. The predicted molar refractivity (Wildman–Crippen MR) is 78.0 cm³/mol. The minimum absolute atomic E-state index is 0.00127. The molecule has 0 spiro atoms. The highest BCUT2D eigenvalue weighted by molar-refractivity contribution is 7.15. The standard InChI is InChI=1S/C14H14F3N3O3S/c1-20(12(21)8-4-5-22-7-8)6-9-2-3-10(24-9)11-18-13(23-19-11)14(15,16)17/h2-3,8H,4-7H2,1H3. The van der Waals surface area contributed by atoms with Gasteiger partial charge in [-0.2, -0.15) is 18.2 Å². The third-order valence-electron chi connectivity index (χ3n) is 3.60. The van der Waals surface area contributed by atoms with Gasteiger partial charge in [0.2, 0.25) is 11.7 Å². The zero-order valence-electron chi connectivity index (χ0n) is 12.7. The highest BCUT2D eigenvalue weighted by Crippen LogP contribution is 2.32. The second kappa shape index (κ2) is 6.52. The summed E-state index contributed by atoms with van der Waals surface area (Å²) in [6.45, 7) is 1.39. The van der Waals surface area contributed by atoms with Crippen LogP contribution in [0.5, 0.6) is 0 Å². The summed E-state index contributed by atoms with van der Waals surface area (Å²) in [5.74, 6) is -1.61. The summed E-state index contributed by atoms with van der Waals surface area (Å²) < 4.78 is 46.9. The number of carbonyl (C=O) groups excluding carboxylic acids is 1. The molecule has 0 radical (unpaired) electrons. The Hall–Kier alpha value is -1.94. The van der Waals surface area contributed by atoms with E-state index < -0.39 is 12.1 Å². The molecule has 2 aromatic rings. The Kier molecular flexibility index (Phi) is 4.59. The third kappa shape index (κ3) is 3.59. The zero-order valence-corrected chi connectivity index (χ0v) is 13.5. The first-order valence-corrected chi connectivity index (χ1v) is 7.99. The number of nitrogens with zero attached hydrogens (tertiary/aromatic N) is 3. The van der Waals surface area contributed by atoms with Crippen molar-refractivity contribution in [1.82, 2.24) is 15.0 Å². The van der Waals surface area contributed by atoms with Crippen LogP contribution in [0.3, 0.4) is 0 Å². The number of halogens is 3. The maximum Gasteiger partial charge on any atom is 0.471 e. The first-order valence-electron chi connectivity index (χ1n) is 7.17. The first-order chi connectivity index (χ1) is 11.3. The summed E-state index contributed by atoms with van der Waals surface area (Å²) in [6, 6.07) is 3.35. The number of amides is 1. The highest BCUT2D eigenvalue weighted by Gasteiger charge is 2.38. The Balaban J connectivity index is 1.67. The molecule has 1 unspecified atom stereocenters. The monoisotopic (exact) mass is 361 g/mol. The van der Waals surface area contributed by atoms with Crippen molar-refractivity contribution in [1.29, 1.82) is 0 Å². The van der Waals surface area contributed by atoms with E-state index in [0.29, 0.717) is 31.1 Å². The molecule has 3 rings (SSSR count). The number of aromatic nitrogens is 2. The molecule has 1 atom stereocenters. The van der Waals surface area contributed by atoms with E-state index in [2.05, 4.69) is 14.7 Å². The van der Waals surface area contributed by atoms with E-state index in [1.54, 1.807) is 24.1 Å².